The Balaban J connectivity index is 2.42. The van der Waals surface area contributed by atoms with Crippen molar-refractivity contribution in [3.05, 3.63) is 65.2 Å². The molecule has 0 saturated heterocycles. The zero-order valence-corrected chi connectivity index (χ0v) is 22.6. The Morgan fingerprint density at radius 2 is 1.71 bits per heavy atom. The van der Waals surface area contributed by atoms with Gasteiger partial charge in [-0.05, 0) is 43.4 Å². The topological polar surface area (TPSA) is 86.8 Å². The number of para-hydroxylation sites is 1. The Morgan fingerprint density at radius 1 is 1.03 bits per heavy atom. The van der Waals surface area contributed by atoms with Crippen LogP contribution in [0.15, 0.2) is 48.5 Å². The summed E-state index contributed by atoms with van der Waals surface area (Å²) in [7, 11) is -3.76. The van der Waals surface area contributed by atoms with Gasteiger partial charge in [-0.1, -0.05) is 75.2 Å². The summed E-state index contributed by atoms with van der Waals surface area (Å²) in [5, 5.41) is 2.89. The summed E-state index contributed by atoms with van der Waals surface area (Å²) in [4.78, 5) is 28.0. The van der Waals surface area contributed by atoms with Crippen LogP contribution in [0.5, 0.6) is 0 Å². The van der Waals surface area contributed by atoms with Crippen LogP contribution in [0, 0.1) is 6.92 Å². The van der Waals surface area contributed by atoms with Crippen molar-refractivity contribution in [3.8, 4) is 0 Å². The zero-order chi connectivity index (χ0) is 26.2. The van der Waals surface area contributed by atoms with E-state index in [9.17, 15) is 18.0 Å². The molecule has 192 valence electrons. The van der Waals surface area contributed by atoms with E-state index in [2.05, 4.69) is 5.32 Å². The molecule has 35 heavy (non-hydrogen) atoms. The molecule has 0 saturated carbocycles. The first-order valence-corrected chi connectivity index (χ1v) is 14.0. The highest BCUT2D eigenvalue weighted by Crippen LogP contribution is 2.29. The Hall–Kier alpha value is -2.87. The average Bonchev–Trinajstić information content (AvgIpc) is 2.79. The average molecular weight is 502 g/mol. The minimum Gasteiger partial charge on any atom is -0.354 e. The lowest BCUT2D eigenvalue weighted by molar-refractivity contribution is -0.139. The van der Waals surface area contributed by atoms with E-state index >= 15 is 0 Å². The Bertz CT molecular complexity index is 1110. The van der Waals surface area contributed by atoms with Crippen molar-refractivity contribution in [2.45, 2.75) is 66.0 Å². The maximum Gasteiger partial charge on any atom is 0.244 e. The van der Waals surface area contributed by atoms with E-state index in [0.29, 0.717) is 12.2 Å². The minimum absolute atomic E-state index is 0.0669. The number of unbranched alkanes of at least 4 members (excludes halogenated alkanes) is 1. The predicted octanol–water partition coefficient (Wildman–Crippen LogP) is 4.22. The first kappa shape index (κ1) is 28.4. The second-order valence-corrected chi connectivity index (χ2v) is 11.2. The fourth-order valence-electron chi connectivity index (χ4n) is 3.92. The monoisotopic (exact) mass is 501 g/mol. The van der Waals surface area contributed by atoms with Crippen LogP contribution in [0.2, 0.25) is 0 Å². The molecule has 0 fully saturated rings. The van der Waals surface area contributed by atoms with Gasteiger partial charge in [-0.3, -0.25) is 13.9 Å². The van der Waals surface area contributed by atoms with E-state index in [-0.39, 0.29) is 24.9 Å². The van der Waals surface area contributed by atoms with E-state index in [1.54, 1.807) is 19.1 Å². The van der Waals surface area contributed by atoms with Gasteiger partial charge in [0.2, 0.25) is 21.8 Å². The first-order valence-electron chi connectivity index (χ1n) is 12.1. The van der Waals surface area contributed by atoms with E-state index in [1.165, 1.54) is 4.90 Å². The second-order valence-electron chi connectivity index (χ2n) is 9.31. The molecule has 7 nitrogen and oxygen atoms in total. The molecule has 2 aromatic rings. The molecule has 1 atom stereocenters. The second kappa shape index (κ2) is 12.7. The van der Waals surface area contributed by atoms with Gasteiger partial charge in [0.15, 0.2) is 0 Å². The SMILES string of the molecule is CCCCNC(=O)[C@@H](C)N(Cc1cccc(C)c1)C(=O)CN(c1ccccc1C(C)C)S(C)(=O)=O. The predicted molar refractivity (Wildman–Crippen MR) is 142 cm³/mol. The normalized spacial score (nSPS) is 12.3. The number of nitrogens with zero attached hydrogens (tertiary/aromatic N) is 2. The molecular weight excluding hydrogens is 462 g/mol. The molecule has 2 rings (SSSR count). The molecule has 0 aliphatic carbocycles. The van der Waals surface area contributed by atoms with Crippen molar-refractivity contribution in [1.29, 1.82) is 0 Å². The Kier molecular flexibility index (Phi) is 10.3. The molecule has 0 radical (unpaired) electrons. The van der Waals surface area contributed by atoms with Crippen LogP contribution in [0.4, 0.5) is 5.69 Å². The number of anilines is 1. The third kappa shape index (κ3) is 8.09. The highest BCUT2D eigenvalue weighted by Gasteiger charge is 2.31. The Morgan fingerprint density at radius 3 is 2.31 bits per heavy atom. The molecule has 0 heterocycles. The first-order chi connectivity index (χ1) is 16.5. The van der Waals surface area contributed by atoms with E-state index < -0.39 is 22.0 Å². The van der Waals surface area contributed by atoms with Gasteiger partial charge in [0, 0.05) is 13.1 Å². The summed E-state index contributed by atoms with van der Waals surface area (Å²) in [6.45, 7) is 9.99. The zero-order valence-electron chi connectivity index (χ0n) is 21.7. The quantitative estimate of drug-likeness (QED) is 0.441. The van der Waals surface area contributed by atoms with Gasteiger partial charge < -0.3 is 10.2 Å². The van der Waals surface area contributed by atoms with Crippen LogP contribution in [0.1, 0.15) is 63.1 Å². The molecule has 2 aromatic carbocycles. The number of sulfonamides is 1. The highest BCUT2D eigenvalue weighted by molar-refractivity contribution is 7.92. The van der Waals surface area contributed by atoms with Gasteiger partial charge in [0.25, 0.3) is 0 Å². The number of carbonyl (C=O) groups is 2. The number of rotatable bonds is 12. The van der Waals surface area contributed by atoms with E-state index in [4.69, 9.17) is 0 Å². The van der Waals surface area contributed by atoms with Crippen molar-refractivity contribution in [2.75, 3.05) is 23.7 Å². The van der Waals surface area contributed by atoms with Crippen molar-refractivity contribution in [3.63, 3.8) is 0 Å². The number of nitrogens with one attached hydrogen (secondary N) is 1. The van der Waals surface area contributed by atoms with Crippen LogP contribution < -0.4 is 9.62 Å². The van der Waals surface area contributed by atoms with Crippen molar-refractivity contribution < 1.29 is 18.0 Å². The van der Waals surface area contributed by atoms with Crippen molar-refractivity contribution in [1.82, 2.24) is 10.2 Å². The van der Waals surface area contributed by atoms with Gasteiger partial charge in [-0.15, -0.1) is 0 Å². The highest BCUT2D eigenvalue weighted by atomic mass is 32.2. The molecule has 0 bridgehead atoms. The molecule has 8 heteroatoms. The largest absolute Gasteiger partial charge is 0.354 e. The molecule has 1 N–H and O–H groups in total. The molecule has 0 spiro atoms. The van der Waals surface area contributed by atoms with Gasteiger partial charge >= 0.3 is 0 Å². The smallest absolute Gasteiger partial charge is 0.244 e. The van der Waals surface area contributed by atoms with Crippen LogP contribution in [0.25, 0.3) is 0 Å². The third-order valence-corrected chi connectivity index (χ3v) is 7.07. The maximum absolute atomic E-state index is 13.7. The molecular formula is C27H39N3O4S. The fourth-order valence-corrected chi connectivity index (χ4v) is 4.79. The summed E-state index contributed by atoms with van der Waals surface area (Å²) in [6, 6.07) is 14.2. The summed E-state index contributed by atoms with van der Waals surface area (Å²) < 4.78 is 26.8. The van der Waals surface area contributed by atoms with Gasteiger partial charge in [0.1, 0.15) is 12.6 Å². The van der Waals surface area contributed by atoms with Crippen LogP contribution in [-0.2, 0) is 26.2 Å². The standard InChI is InChI=1S/C27H39N3O4S/c1-7-8-16-28-27(32)22(5)29(18-23-13-11-12-21(4)17-23)26(31)19-30(35(6,33)34)25-15-10-9-14-24(25)20(2)3/h9-15,17,20,22H,7-8,16,18-19H2,1-6H3,(H,28,32)/t22-/m1/s1. The number of benzene rings is 2. The summed E-state index contributed by atoms with van der Waals surface area (Å²) in [6.07, 6.45) is 2.89. The number of carbonyl (C=O) groups excluding carboxylic acids is 2. The fraction of sp³-hybridized carbons (Fsp3) is 0.481. The molecule has 0 unspecified atom stereocenters. The number of aryl methyl sites for hydroxylation is 1. The van der Waals surface area contributed by atoms with Crippen LogP contribution in [-0.4, -0.2) is 50.5 Å². The lowest BCUT2D eigenvalue weighted by atomic mass is 10.0. The van der Waals surface area contributed by atoms with Crippen molar-refractivity contribution in [2.24, 2.45) is 0 Å². The maximum atomic E-state index is 13.7. The summed E-state index contributed by atoms with van der Waals surface area (Å²) in [5.74, 6) is -0.626. The van der Waals surface area contributed by atoms with Crippen molar-refractivity contribution >= 4 is 27.5 Å². The van der Waals surface area contributed by atoms with Gasteiger partial charge in [-0.2, -0.15) is 0 Å². The lowest BCUT2D eigenvalue weighted by Gasteiger charge is -2.32. The minimum atomic E-state index is -3.76. The van der Waals surface area contributed by atoms with E-state index in [0.717, 1.165) is 40.1 Å². The summed E-state index contributed by atoms with van der Waals surface area (Å²) in [5.41, 5.74) is 3.23. The molecule has 0 aliphatic rings. The van der Waals surface area contributed by atoms with Crippen LogP contribution in [0.3, 0.4) is 0 Å². The van der Waals surface area contributed by atoms with E-state index in [1.807, 2.05) is 64.1 Å². The van der Waals surface area contributed by atoms with Crippen LogP contribution >= 0.6 is 0 Å². The molecule has 0 aliphatic heterocycles. The number of hydrogen-bond acceptors (Lipinski definition) is 4. The number of hydrogen-bond donors (Lipinski definition) is 1. The lowest BCUT2D eigenvalue weighted by Crippen LogP contribution is -2.51. The Labute approximate surface area is 210 Å². The molecule has 0 aromatic heterocycles. The number of amides is 2. The molecule has 2 amide bonds. The van der Waals surface area contributed by atoms with Gasteiger partial charge in [0.05, 0.1) is 11.9 Å². The van der Waals surface area contributed by atoms with Gasteiger partial charge in [-0.25, -0.2) is 8.42 Å². The third-order valence-electron chi connectivity index (χ3n) is 5.94. The summed E-state index contributed by atoms with van der Waals surface area (Å²) >= 11 is 0.